The smallest absolute Gasteiger partial charge is 0.165 e. The number of fused-ring (bicyclic) bond motifs is 1. The molecule has 2 aromatic carbocycles. The van der Waals surface area contributed by atoms with Crippen molar-refractivity contribution in [3.8, 4) is 11.5 Å². The summed E-state index contributed by atoms with van der Waals surface area (Å²) in [6.07, 6.45) is 10.7. The van der Waals surface area contributed by atoms with E-state index in [1.165, 1.54) is 0 Å². The number of hydrogen-bond donors (Lipinski definition) is 6. The standard InChI is InChI=1S/C36H50N4O5/c1-3-5-6-11-29(34(44)19-28(41)8-4-2)32(42)14-12-24-13-15-33(43)35(18-24)45-23-40-21-30-27(20-39-31(30)22-40)17-25-9-7-10-26(16-25)36(37)38/h7,9-10,13,15-16,18,20-22,28-29,34,36,39,41,43-44H,3-6,8,11-12,14,17,19,23,37-38H2,1-2H3/t28-,29-,34-/m1/s1. The molecule has 0 spiro atoms. The fourth-order valence-electron chi connectivity index (χ4n) is 5.98. The van der Waals surface area contributed by atoms with Crippen molar-refractivity contribution < 1.29 is 24.9 Å². The molecule has 45 heavy (non-hydrogen) atoms. The number of unbranched alkanes of at least 4 members (excludes halogenated alkanes) is 2. The normalized spacial score (nSPS) is 13.8. The van der Waals surface area contributed by atoms with Gasteiger partial charge in [-0.25, -0.2) is 0 Å². The fraction of sp³-hybridized carbons (Fsp3) is 0.472. The zero-order chi connectivity index (χ0) is 32.3. The summed E-state index contributed by atoms with van der Waals surface area (Å²) in [6, 6.07) is 13.1. The van der Waals surface area contributed by atoms with Crippen LogP contribution in [-0.2, 0) is 24.4 Å². The number of hydrogen-bond acceptors (Lipinski definition) is 7. The first-order chi connectivity index (χ1) is 21.7. The van der Waals surface area contributed by atoms with Gasteiger partial charge in [-0.15, -0.1) is 0 Å². The first-order valence-electron chi connectivity index (χ1n) is 16.3. The number of carbonyl (C=O) groups is 1. The van der Waals surface area contributed by atoms with E-state index in [0.717, 1.165) is 65.3 Å². The molecule has 9 heteroatoms. The lowest BCUT2D eigenvalue weighted by molar-refractivity contribution is -0.127. The highest BCUT2D eigenvalue weighted by molar-refractivity contribution is 5.83. The second kappa shape index (κ2) is 16.6. The number of rotatable bonds is 19. The van der Waals surface area contributed by atoms with E-state index in [1.54, 1.807) is 18.2 Å². The van der Waals surface area contributed by atoms with Crippen molar-refractivity contribution in [2.75, 3.05) is 0 Å². The van der Waals surface area contributed by atoms with Crippen molar-refractivity contribution in [2.45, 2.75) is 103 Å². The summed E-state index contributed by atoms with van der Waals surface area (Å²) < 4.78 is 7.92. The molecule has 244 valence electrons. The molecule has 0 bridgehead atoms. The Labute approximate surface area is 266 Å². The molecule has 4 aromatic rings. The zero-order valence-electron chi connectivity index (χ0n) is 26.6. The minimum absolute atomic E-state index is 0.00802. The molecule has 2 aromatic heterocycles. The molecule has 0 aliphatic carbocycles. The number of carbonyl (C=O) groups excluding carboxylic acids is 1. The Hall–Kier alpha value is -3.63. The van der Waals surface area contributed by atoms with Crippen LogP contribution < -0.4 is 16.2 Å². The number of ketones is 1. The molecule has 0 saturated carbocycles. The van der Waals surface area contributed by atoms with Gasteiger partial charge < -0.3 is 41.1 Å². The minimum Gasteiger partial charge on any atom is -0.504 e. The number of aromatic hydroxyl groups is 1. The summed E-state index contributed by atoms with van der Waals surface area (Å²) in [5, 5.41) is 32.6. The Morgan fingerprint density at radius 3 is 2.58 bits per heavy atom. The highest BCUT2D eigenvalue weighted by Crippen LogP contribution is 2.30. The summed E-state index contributed by atoms with van der Waals surface area (Å²) in [5.41, 5.74) is 16.7. The van der Waals surface area contributed by atoms with E-state index in [2.05, 4.69) is 18.0 Å². The lowest BCUT2D eigenvalue weighted by atomic mass is 9.85. The SMILES string of the molecule is CCCCC[C@H](C(=O)CCc1ccc(O)c(OCn2cc3[nH]cc(Cc4cccc(C(N)N)c4)c3c2)c1)[C@H](O)C[C@H](O)CCC. The second-order valence-corrected chi connectivity index (χ2v) is 12.3. The van der Waals surface area contributed by atoms with Gasteiger partial charge in [0.05, 0.1) is 23.9 Å². The largest absolute Gasteiger partial charge is 0.504 e. The first kappa shape index (κ1) is 34.2. The maximum absolute atomic E-state index is 13.3. The van der Waals surface area contributed by atoms with Crippen molar-refractivity contribution in [3.63, 3.8) is 0 Å². The van der Waals surface area contributed by atoms with E-state index in [9.17, 15) is 20.1 Å². The Balaban J connectivity index is 1.37. The average Bonchev–Trinajstić information content (AvgIpc) is 3.59. The third kappa shape index (κ3) is 9.68. The predicted octanol–water partition coefficient (Wildman–Crippen LogP) is 5.83. The molecule has 0 saturated heterocycles. The number of aromatic nitrogens is 2. The van der Waals surface area contributed by atoms with Crippen LogP contribution in [0.25, 0.3) is 10.9 Å². The second-order valence-electron chi connectivity index (χ2n) is 12.3. The monoisotopic (exact) mass is 618 g/mol. The van der Waals surface area contributed by atoms with Gasteiger partial charge in [0.25, 0.3) is 0 Å². The lowest BCUT2D eigenvalue weighted by Gasteiger charge is -2.24. The van der Waals surface area contributed by atoms with Crippen molar-refractivity contribution >= 4 is 16.7 Å². The number of nitrogens with two attached hydrogens (primary N) is 2. The molecule has 3 atom stereocenters. The highest BCUT2D eigenvalue weighted by atomic mass is 16.5. The third-order valence-corrected chi connectivity index (χ3v) is 8.54. The summed E-state index contributed by atoms with van der Waals surface area (Å²) in [5.74, 6) is -0.107. The first-order valence-corrected chi connectivity index (χ1v) is 16.3. The molecule has 9 nitrogen and oxygen atoms in total. The Morgan fingerprint density at radius 1 is 1.00 bits per heavy atom. The van der Waals surface area contributed by atoms with E-state index >= 15 is 0 Å². The van der Waals surface area contributed by atoms with Gasteiger partial charge in [0.1, 0.15) is 5.78 Å². The quantitative estimate of drug-likeness (QED) is 0.0570. The maximum atomic E-state index is 13.3. The predicted molar refractivity (Wildman–Crippen MR) is 178 cm³/mol. The number of benzene rings is 2. The van der Waals surface area contributed by atoms with Gasteiger partial charge in [-0.1, -0.05) is 69.9 Å². The molecule has 0 unspecified atom stereocenters. The molecule has 8 N–H and O–H groups in total. The molecular formula is C36H50N4O5. The Kier molecular flexibility index (Phi) is 12.6. The Bertz CT molecular complexity index is 1510. The third-order valence-electron chi connectivity index (χ3n) is 8.54. The van der Waals surface area contributed by atoms with Crippen LogP contribution in [0.4, 0.5) is 0 Å². The van der Waals surface area contributed by atoms with Gasteiger partial charge >= 0.3 is 0 Å². The number of aryl methyl sites for hydroxylation is 1. The van der Waals surface area contributed by atoms with E-state index in [4.69, 9.17) is 16.2 Å². The Morgan fingerprint density at radius 2 is 1.82 bits per heavy atom. The molecule has 0 radical (unpaired) electrons. The molecule has 0 aliphatic heterocycles. The summed E-state index contributed by atoms with van der Waals surface area (Å²) in [6.45, 7) is 4.30. The van der Waals surface area contributed by atoms with Crippen LogP contribution in [0.2, 0.25) is 0 Å². The van der Waals surface area contributed by atoms with Crippen LogP contribution in [0.15, 0.2) is 61.1 Å². The number of phenols is 1. The number of aliphatic hydroxyl groups excluding tert-OH is 2. The van der Waals surface area contributed by atoms with E-state index in [1.807, 2.05) is 48.3 Å². The lowest BCUT2D eigenvalue weighted by Crippen LogP contribution is -2.32. The number of aromatic amines is 1. The fourth-order valence-corrected chi connectivity index (χ4v) is 5.98. The van der Waals surface area contributed by atoms with Gasteiger partial charge in [-0.05, 0) is 66.5 Å². The number of nitrogens with one attached hydrogen (secondary N) is 1. The highest BCUT2D eigenvalue weighted by Gasteiger charge is 2.27. The van der Waals surface area contributed by atoms with Crippen LogP contribution in [0, 0.1) is 5.92 Å². The maximum Gasteiger partial charge on any atom is 0.165 e. The van der Waals surface area contributed by atoms with Crippen molar-refractivity contribution in [1.29, 1.82) is 0 Å². The number of ether oxygens (including phenoxy) is 1. The molecule has 2 heterocycles. The van der Waals surface area contributed by atoms with Gasteiger partial charge in [-0.2, -0.15) is 0 Å². The summed E-state index contributed by atoms with van der Waals surface area (Å²) >= 11 is 0. The van der Waals surface area contributed by atoms with E-state index in [-0.39, 0.29) is 31.1 Å². The number of aliphatic hydroxyl groups is 2. The molecule has 0 fully saturated rings. The van der Waals surface area contributed by atoms with Crippen LogP contribution in [0.1, 0.15) is 93.6 Å². The van der Waals surface area contributed by atoms with Crippen LogP contribution in [0.5, 0.6) is 11.5 Å². The number of nitrogens with zero attached hydrogens (tertiary/aromatic N) is 1. The van der Waals surface area contributed by atoms with Crippen molar-refractivity contribution in [1.82, 2.24) is 9.55 Å². The van der Waals surface area contributed by atoms with Gasteiger partial charge in [-0.3, -0.25) is 4.79 Å². The van der Waals surface area contributed by atoms with Crippen LogP contribution >= 0.6 is 0 Å². The van der Waals surface area contributed by atoms with Crippen LogP contribution in [0.3, 0.4) is 0 Å². The average molecular weight is 619 g/mol. The topological polar surface area (TPSA) is 160 Å². The summed E-state index contributed by atoms with van der Waals surface area (Å²) in [4.78, 5) is 16.6. The van der Waals surface area contributed by atoms with Gasteiger partial charge in [0, 0.05) is 36.3 Å². The van der Waals surface area contributed by atoms with Gasteiger partial charge in [0.15, 0.2) is 18.2 Å². The van der Waals surface area contributed by atoms with Gasteiger partial charge in [0.2, 0.25) is 0 Å². The zero-order valence-corrected chi connectivity index (χ0v) is 26.6. The van der Waals surface area contributed by atoms with E-state index in [0.29, 0.717) is 25.0 Å². The van der Waals surface area contributed by atoms with E-state index < -0.39 is 24.3 Å². The number of phenolic OH excluding ortho intramolecular Hbond substituents is 1. The van der Waals surface area contributed by atoms with Crippen molar-refractivity contribution in [2.24, 2.45) is 17.4 Å². The number of H-pyrrole nitrogens is 1. The summed E-state index contributed by atoms with van der Waals surface area (Å²) in [7, 11) is 0. The molecular weight excluding hydrogens is 568 g/mol. The minimum atomic E-state index is -0.850. The van der Waals surface area contributed by atoms with Crippen LogP contribution in [-0.4, -0.2) is 42.9 Å². The molecule has 0 amide bonds. The van der Waals surface area contributed by atoms with Crippen molar-refractivity contribution in [3.05, 3.63) is 83.3 Å². The number of Topliss-reactive ketones (excluding diaryl/α,β-unsaturated/α-hetero) is 1. The molecule has 0 aliphatic rings. The molecule has 4 rings (SSSR count).